The molecule has 198 valence electrons. The summed E-state index contributed by atoms with van der Waals surface area (Å²) in [4.78, 5) is 17.4. The van der Waals surface area contributed by atoms with Gasteiger partial charge in [-0.05, 0) is 73.1 Å². The number of benzene rings is 1. The fraction of sp³-hybridized carbons (Fsp3) is 0.233. The van der Waals surface area contributed by atoms with Crippen molar-refractivity contribution in [1.82, 2.24) is 5.32 Å². The number of rotatable bonds is 9. The molecule has 1 amide bonds. The van der Waals surface area contributed by atoms with E-state index in [1.807, 2.05) is 6.92 Å². The molecule has 0 bridgehead atoms. The largest absolute Gasteiger partial charge is 0.398 e. The molecule has 0 radical (unpaired) electrons. The van der Waals surface area contributed by atoms with E-state index in [0.717, 1.165) is 43.2 Å². The van der Waals surface area contributed by atoms with Gasteiger partial charge in [0.05, 0.1) is 11.3 Å². The Morgan fingerprint density at radius 3 is 2.50 bits per heavy atom. The number of anilines is 1. The van der Waals surface area contributed by atoms with Gasteiger partial charge in [-0.3, -0.25) is 9.79 Å². The average Bonchev–Trinajstić information content (AvgIpc) is 2.90. The van der Waals surface area contributed by atoms with Gasteiger partial charge in [0.2, 0.25) is 0 Å². The average molecular weight is 515 g/mol. The Hall–Kier alpha value is -4.46. The summed E-state index contributed by atoms with van der Waals surface area (Å²) in [5.74, 6) is -1.27. The number of amides is 1. The van der Waals surface area contributed by atoms with Crippen LogP contribution in [0.1, 0.15) is 48.8 Å². The molecule has 0 aromatic heterocycles. The number of halogens is 1. The van der Waals surface area contributed by atoms with Crippen molar-refractivity contribution in [2.45, 2.75) is 45.2 Å². The fourth-order valence-corrected chi connectivity index (χ4v) is 4.63. The second-order valence-corrected chi connectivity index (χ2v) is 9.32. The minimum absolute atomic E-state index is 0.0284. The van der Waals surface area contributed by atoms with Crippen molar-refractivity contribution in [3.05, 3.63) is 107 Å². The third kappa shape index (κ3) is 6.08. The van der Waals surface area contributed by atoms with E-state index >= 15 is 0 Å². The van der Waals surface area contributed by atoms with Crippen molar-refractivity contribution in [2.24, 2.45) is 16.5 Å². The van der Waals surface area contributed by atoms with Crippen LogP contribution in [0.4, 0.5) is 10.1 Å². The van der Waals surface area contributed by atoms with Gasteiger partial charge in [0, 0.05) is 40.5 Å². The number of aliphatic imine (C=N–C) groups is 1. The number of nitrogens with zero attached hydrogens (tertiary/aromatic N) is 1. The summed E-state index contributed by atoms with van der Waals surface area (Å²) < 4.78 is 14.3. The summed E-state index contributed by atoms with van der Waals surface area (Å²) in [7, 11) is 0. The predicted octanol–water partition coefficient (Wildman–Crippen LogP) is 5.03. The number of allylic oxidation sites excluding steroid dienone is 6. The summed E-state index contributed by atoms with van der Waals surface area (Å²) >= 11 is 0. The molecule has 1 fully saturated rings. The molecule has 1 aliphatic carbocycles. The molecule has 1 aromatic rings. The van der Waals surface area contributed by atoms with E-state index in [1.165, 1.54) is 30.8 Å². The second kappa shape index (κ2) is 12.2. The lowest BCUT2D eigenvalue weighted by Crippen LogP contribution is -2.30. The molecule has 1 atom stereocenters. The zero-order valence-corrected chi connectivity index (χ0v) is 21.7. The molecule has 1 unspecified atom stereocenters. The van der Waals surface area contributed by atoms with Crippen molar-refractivity contribution in [2.75, 3.05) is 5.73 Å². The Morgan fingerprint density at radius 1 is 1.21 bits per heavy atom. The lowest BCUT2D eigenvalue weighted by Gasteiger charge is -2.25. The number of nitrogens with two attached hydrogens (primary N) is 3. The lowest BCUT2D eigenvalue weighted by molar-refractivity contribution is -0.114. The molecular weight excluding hydrogens is 479 g/mol. The number of nitrogen functional groups attached to an aromatic ring is 1. The summed E-state index contributed by atoms with van der Waals surface area (Å²) in [5.41, 5.74) is 23.2. The van der Waals surface area contributed by atoms with Crippen LogP contribution in [0.25, 0.3) is 5.57 Å². The Balaban J connectivity index is 2.05. The smallest absolute Gasteiger partial charge is 0.250 e. The second-order valence-electron chi connectivity index (χ2n) is 9.32. The van der Waals surface area contributed by atoms with Gasteiger partial charge in [-0.1, -0.05) is 38.3 Å². The molecule has 0 spiro atoms. The molecule has 7 nitrogen and oxygen atoms in total. The number of aryl methyl sites for hydroxylation is 1. The maximum Gasteiger partial charge on any atom is 0.250 e. The van der Waals surface area contributed by atoms with Crippen LogP contribution in [0.15, 0.2) is 95.1 Å². The number of carbonyl (C=O) groups excluding carboxylic acids is 1. The number of nitrogens with one attached hydrogen (secondary N) is 2. The van der Waals surface area contributed by atoms with Gasteiger partial charge in [-0.25, -0.2) is 4.39 Å². The van der Waals surface area contributed by atoms with Gasteiger partial charge >= 0.3 is 0 Å². The van der Waals surface area contributed by atoms with Crippen molar-refractivity contribution in [1.29, 1.82) is 5.41 Å². The predicted molar refractivity (Wildman–Crippen MR) is 155 cm³/mol. The topological polar surface area (TPSA) is 143 Å². The van der Waals surface area contributed by atoms with Gasteiger partial charge in [0.15, 0.2) is 0 Å². The quantitative estimate of drug-likeness (QED) is 0.136. The van der Waals surface area contributed by atoms with E-state index in [4.69, 9.17) is 27.6 Å². The molecule has 1 aliphatic heterocycles. The summed E-state index contributed by atoms with van der Waals surface area (Å²) in [6.07, 6.45) is 11.3. The minimum atomic E-state index is -0.797. The minimum Gasteiger partial charge on any atom is -0.398 e. The summed E-state index contributed by atoms with van der Waals surface area (Å²) in [6.45, 7) is 13.9. The van der Waals surface area contributed by atoms with Crippen LogP contribution < -0.4 is 22.5 Å². The summed E-state index contributed by atoms with van der Waals surface area (Å²) in [5, 5.41) is 10.8. The van der Waals surface area contributed by atoms with E-state index in [-0.39, 0.29) is 11.3 Å². The monoisotopic (exact) mass is 514 g/mol. The van der Waals surface area contributed by atoms with Gasteiger partial charge in [0.25, 0.3) is 5.91 Å². The van der Waals surface area contributed by atoms with Crippen LogP contribution >= 0.6 is 0 Å². The number of carbonyl (C=O) groups is 1. The molecule has 38 heavy (non-hydrogen) atoms. The van der Waals surface area contributed by atoms with Gasteiger partial charge in [-0.2, -0.15) is 0 Å². The first-order chi connectivity index (χ1) is 18.1. The van der Waals surface area contributed by atoms with Crippen molar-refractivity contribution >= 4 is 29.1 Å². The van der Waals surface area contributed by atoms with Gasteiger partial charge < -0.3 is 27.9 Å². The molecule has 8 heteroatoms. The Labute approximate surface area is 223 Å². The van der Waals surface area contributed by atoms with Gasteiger partial charge in [-0.15, -0.1) is 0 Å². The van der Waals surface area contributed by atoms with Crippen molar-refractivity contribution in [3.8, 4) is 0 Å². The molecule has 3 rings (SSSR count). The van der Waals surface area contributed by atoms with Crippen molar-refractivity contribution in [3.63, 3.8) is 0 Å². The third-order valence-corrected chi connectivity index (χ3v) is 6.72. The maximum absolute atomic E-state index is 14.3. The van der Waals surface area contributed by atoms with Crippen LogP contribution in [0.3, 0.4) is 0 Å². The number of primary amides is 1. The standard InChI is InChI=1S/C30H35FN6O/c1-5-22(27-17(2)11-12-26(33)25(27)15-32)28(34)24(29(35)38)13-18(3)19(4)23-14-20(31)16-36-30(23)37-21-9-7-6-8-10-21/h5,11-16,30,32,36H,1,3-4,6-10,33-34H2,2H3,(H2,35,38)/b24-13+,28-22-,32-15?. The zero-order chi connectivity index (χ0) is 28.0. The fourth-order valence-electron chi connectivity index (χ4n) is 4.63. The molecule has 2 aliphatic rings. The van der Waals surface area contributed by atoms with E-state index < -0.39 is 17.9 Å². The van der Waals surface area contributed by atoms with Crippen molar-refractivity contribution < 1.29 is 9.18 Å². The molecule has 1 heterocycles. The maximum atomic E-state index is 14.3. The van der Waals surface area contributed by atoms with Gasteiger partial charge in [0.1, 0.15) is 12.0 Å². The van der Waals surface area contributed by atoms with E-state index in [9.17, 15) is 9.18 Å². The normalized spacial score (nSPS) is 18.3. The first kappa shape index (κ1) is 28.1. The number of hydrogen-bond donors (Lipinski definition) is 5. The lowest BCUT2D eigenvalue weighted by atomic mass is 9.89. The highest BCUT2D eigenvalue weighted by atomic mass is 19.1. The van der Waals surface area contributed by atoms with Crippen LogP contribution in [0, 0.1) is 12.3 Å². The first-order valence-corrected chi connectivity index (χ1v) is 12.4. The number of hydrogen-bond acceptors (Lipinski definition) is 6. The Morgan fingerprint density at radius 2 is 1.89 bits per heavy atom. The molecule has 8 N–H and O–H groups in total. The highest BCUT2D eigenvalue weighted by molar-refractivity contribution is 6.03. The SMILES string of the molecule is C=C/C(=C(N)\C(=C/C(=C)C(=C)C1=CC(F)=CNC1N=C1CCCCC1)C(N)=O)c1c(C)ccc(N)c1C=N. The van der Waals surface area contributed by atoms with Crippen LogP contribution in [0.5, 0.6) is 0 Å². The molecule has 1 saturated carbocycles. The van der Waals surface area contributed by atoms with E-state index in [0.29, 0.717) is 39.1 Å². The molecule has 1 aromatic carbocycles. The Kier molecular flexibility index (Phi) is 9.02. The highest BCUT2D eigenvalue weighted by Gasteiger charge is 2.23. The zero-order valence-electron chi connectivity index (χ0n) is 21.7. The number of dihydropyridines is 1. The Bertz CT molecular complexity index is 1350. The third-order valence-electron chi connectivity index (χ3n) is 6.72. The molecular formula is C30H35FN6O. The van der Waals surface area contributed by atoms with Crippen LogP contribution in [0.2, 0.25) is 0 Å². The first-order valence-electron chi connectivity index (χ1n) is 12.4. The van der Waals surface area contributed by atoms with E-state index in [1.54, 1.807) is 12.1 Å². The molecule has 0 saturated heterocycles. The summed E-state index contributed by atoms with van der Waals surface area (Å²) in [6, 6.07) is 3.49. The van der Waals surface area contributed by atoms with E-state index in [2.05, 4.69) is 25.1 Å². The highest BCUT2D eigenvalue weighted by Crippen LogP contribution is 2.32. The van der Waals surface area contributed by atoms with Crippen LogP contribution in [-0.2, 0) is 4.79 Å². The van der Waals surface area contributed by atoms with Crippen LogP contribution in [-0.4, -0.2) is 24.0 Å².